The zero-order valence-corrected chi connectivity index (χ0v) is 35.2. The fourth-order valence-corrected chi connectivity index (χ4v) is 9.06. The van der Waals surface area contributed by atoms with E-state index >= 15 is 0 Å². The molecule has 0 spiro atoms. The lowest BCUT2D eigenvalue weighted by Crippen LogP contribution is -2.13. The van der Waals surface area contributed by atoms with E-state index in [1.54, 1.807) is 0 Å². The molecule has 0 saturated carbocycles. The lowest BCUT2D eigenvalue weighted by Gasteiger charge is -2.28. The zero-order valence-electron chi connectivity index (χ0n) is 35.2. The normalized spacial score (nSPS) is 13.7. The second-order valence-electron chi connectivity index (χ2n) is 16.0. The molecule has 0 unspecified atom stereocenters. The summed E-state index contributed by atoms with van der Waals surface area (Å²) in [6, 6.07) is 84.0. The van der Waals surface area contributed by atoms with E-state index in [4.69, 9.17) is 0 Å². The van der Waals surface area contributed by atoms with Crippen molar-refractivity contribution in [2.75, 3.05) is 14.7 Å². The van der Waals surface area contributed by atoms with Crippen LogP contribution in [0.25, 0.3) is 38.6 Å². The minimum atomic E-state index is 0.957. The highest BCUT2D eigenvalue weighted by Crippen LogP contribution is 2.42. The van der Waals surface area contributed by atoms with Gasteiger partial charge in [-0.1, -0.05) is 122 Å². The van der Waals surface area contributed by atoms with E-state index in [1.807, 2.05) is 0 Å². The van der Waals surface area contributed by atoms with Crippen LogP contribution in [0.4, 0.5) is 45.5 Å². The molecular formula is C60H44N4. The van der Waals surface area contributed by atoms with Gasteiger partial charge in [-0.2, -0.15) is 0 Å². The molecule has 9 aromatic carbocycles. The third kappa shape index (κ3) is 7.13. The van der Waals surface area contributed by atoms with Gasteiger partial charge < -0.3 is 19.3 Å². The molecule has 64 heavy (non-hydrogen) atoms. The van der Waals surface area contributed by atoms with E-state index in [-0.39, 0.29) is 0 Å². The minimum Gasteiger partial charge on any atom is -0.317 e. The number of nitrogens with zero attached hydrogens (tertiary/aromatic N) is 4. The first-order valence-corrected chi connectivity index (χ1v) is 21.7. The van der Waals surface area contributed by atoms with Crippen LogP contribution in [0.5, 0.6) is 0 Å². The highest BCUT2D eigenvalue weighted by atomic mass is 15.2. The van der Waals surface area contributed by atoms with Crippen molar-refractivity contribution in [3.63, 3.8) is 0 Å². The zero-order chi connectivity index (χ0) is 42.8. The van der Waals surface area contributed by atoms with Crippen LogP contribution in [0.15, 0.2) is 262 Å². The van der Waals surface area contributed by atoms with Crippen LogP contribution in [0.3, 0.4) is 0 Å². The van der Waals surface area contributed by atoms with E-state index in [1.165, 1.54) is 16.3 Å². The van der Waals surface area contributed by atoms with Gasteiger partial charge in [0.2, 0.25) is 0 Å². The van der Waals surface area contributed by atoms with Crippen molar-refractivity contribution in [2.45, 2.75) is 0 Å². The molecule has 0 aliphatic carbocycles. The molecule has 4 nitrogen and oxygen atoms in total. The number of rotatable bonds is 9. The van der Waals surface area contributed by atoms with Crippen LogP contribution in [-0.2, 0) is 0 Å². The Morgan fingerprint density at radius 2 is 0.828 bits per heavy atom. The van der Waals surface area contributed by atoms with Gasteiger partial charge >= 0.3 is 0 Å². The third-order valence-corrected chi connectivity index (χ3v) is 12.1. The van der Waals surface area contributed by atoms with Gasteiger partial charge in [0.1, 0.15) is 0 Å². The molecular weight excluding hydrogens is 777 g/mol. The number of anilines is 8. The van der Waals surface area contributed by atoms with Crippen molar-refractivity contribution in [1.82, 2.24) is 4.57 Å². The highest BCUT2D eigenvalue weighted by molar-refractivity contribution is 6.10. The van der Waals surface area contributed by atoms with E-state index in [2.05, 4.69) is 281 Å². The van der Waals surface area contributed by atoms with Gasteiger partial charge in [0.05, 0.1) is 16.7 Å². The molecule has 11 rings (SSSR count). The second kappa shape index (κ2) is 16.7. The fourth-order valence-electron chi connectivity index (χ4n) is 9.06. The molecule has 1 aliphatic heterocycles. The Morgan fingerprint density at radius 1 is 0.375 bits per heavy atom. The molecule has 0 bridgehead atoms. The Balaban J connectivity index is 0.957. The Morgan fingerprint density at radius 3 is 1.39 bits per heavy atom. The average Bonchev–Trinajstić information content (AvgIpc) is 3.69. The summed E-state index contributed by atoms with van der Waals surface area (Å²) in [6.45, 7) is 4.63. The van der Waals surface area contributed by atoms with Crippen molar-refractivity contribution < 1.29 is 0 Å². The van der Waals surface area contributed by atoms with Gasteiger partial charge in [-0.15, -0.1) is 0 Å². The maximum absolute atomic E-state index is 4.63. The molecule has 1 aromatic heterocycles. The number of hydrogen-bond donors (Lipinski definition) is 0. The average molecular weight is 821 g/mol. The molecule has 0 saturated heterocycles. The van der Waals surface area contributed by atoms with Crippen molar-refractivity contribution >= 4 is 78.5 Å². The van der Waals surface area contributed by atoms with Crippen LogP contribution in [0.1, 0.15) is 11.1 Å². The summed E-state index contributed by atoms with van der Waals surface area (Å²) in [5.41, 5.74) is 16.4. The van der Waals surface area contributed by atoms with Crippen molar-refractivity contribution in [1.29, 1.82) is 0 Å². The monoisotopic (exact) mass is 820 g/mol. The summed E-state index contributed by atoms with van der Waals surface area (Å²) in [7, 11) is 0. The molecule has 10 aromatic rings. The fraction of sp³-hybridized carbons (Fsp3) is 0. The third-order valence-electron chi connectivity index (χ3n) is 12.1. The van der Waals surface area contributed by atoms with Gasteiger partial charge in [0.15, 0.2) is 0 Å². The number of benzene rings is 9. The molecule has 4 heteroatoms. The lowest BCUT2D eigenvalue weighted by molar-refractivity contribution is 1.17. The van der Waals surface area contributed by atoms with Crippen LogP contribution in [-0.4, -0.2) is 4.57 Å². The van der Waals surface area contributed by atoms with E-state index in [0.29, 0.717) is 0 Å². The predicted octanol–water partition coefficient (Wildman–Crippen LogP) is 16.5. The van der Waals surface area contributed by atoms with Crippen molar-refractivity contribution in [2.24, 2.45) is 0 Å². The molecule has 0 N–H and O–H groups in total. The molecule has 0 amide bonds. The van der Waals surface area contributed by atoms with Crippen LogP contribution < -0.4 is 14.7 Å². The molecule has 0 radical (unpaired) electrons. The number of fused-ring (bicyclic) bond motifs is 4. The van der Waals surface area contributed by atoms with Crippen molar-refractivity contribution in [3.8, 4) is 5.69 Å². The second-order valence-corrected chi connectivity index (χ2v) is 16.0. The molecule has 304 valence electrons. The maximum Gasteiger partial charge on any atom is 0.0541 e. The molecule has 0 fully saturated rings. The summed E-state index contributed by atoms with van der Waals surface area (Å²) < 4.78 is 2.38. The standard InChI is InChI=1S/C60H44N4/c1-44-42-46(40-41-61(58-28-16-14-26-55(44)58)47-31-33-52(34-32-47)62(48-18-6-2-7-19-48)49-20-8-3-9-21-49)45-30-39-60-57(43-45)56-27-15-17-29-59(56)64(60)54-37-35-53(36-38-54)63(50-22-10-4-11-23-50)51-24-12-5-13-25-51/h2-43H,1H2/b41-40-,46-42+. The van der Waals surface area contributed by atoms with E-state index in [9.17, 15) is 0 Å². The summed E-state index contributed by atoms with van der Waals surface area (Å²) in [6.07, 6.45) is 6.64. The number of hydrogen-bond acceptors (Lipinski definition) is 3. The largest absolute Gasteiger partial charge is 0.317 e. The summed E-state index contributed by atoms with van der Waals surface area (Å²) in [4.78, 5) is 6.86. The van der Waals surface area contributed by atoms with Gasteiger partial charge in [-0.05, 0) is 150 Å². The Hall–Kier alpha value is -8.60. The molecule has 1 aliphatic rings. The van der Waals surface area contributed by atoms with Gasteiger partial charge in [-0.25, -0.2) is 0 Å². The first kappa shape index (κ1) is 38.3. The quantitative estimate of drug-likeness (QED) is 0.144. The van der Waals surface area contributed by atoms with Gasteiger partial charge in [-0.3, -0.25) is 0 Å². The minimum absolute atomic E-state index is 0.957. The lowest BCUT2D eigenvalue weighted by atomic mass is 9.95. The first-order chi connectivity index (χ1) is 31.7. The Bertz CT molecular complexity index is 3240. The highest BCUT2D eigenvalue weighted by Gasteiger charge is 2.20. The summed E-state index contributed by atoms with van der Waals surface area (Å²) in [5.74, 6) is 0. The SMILES string of the molecule is C=C1/C=C(c2ccc3c(c2)c2ccccc2n3-c2ccc(N(c3ccccc3)c3ccccc3)cc2)\C=C/N(c2ccc(N(c3ccccc3)c3ccccc3)cc2)c2ccccc21. The van der Waals surface area contributed by atoms with Crippen LogP contribution in [0.2, 0.25) is 0 Å². The van der Waals surface area contributed by atoms with Crippen molar-refractivity contribution in [3.05, 3.63) is 273 Å². The van der Waals surface area contributed by atoms with E-state index in [0.717, 1.165) is 79.0 Å². The Labute approximate surface area is 374 Å². The topological polar surface area (TPSA) is 14.7 Å². The molecule has 2 heterocycles. The number of para-hydroxylation sites is 6. The number of allylic oxidation sites excluding steroid dienone is 4. The predicted molar refractivity (Wildman–Crippen MR) is 271 cm³/mol. The van der Waals surface area contributed by atoms with E-state index < -0.39 is 0 Å². The maximum atomic E-state index is 4.63. The van der Waals surface area contributed by atoms with Crippen LogP contribution >= 0.6 is 0 Å². The van der Waals surface area contributed by atoms with Gasteiger partial charge in [0.25, 0.3) is 0 Å². The summed E-state index contributed by atoms with van der Waals surface area (Å²) in [5, 5.41) is 2.41. The Kier molecular flexibility index (Phi) is 10.00. The molecule has 0 atom stereocenters. The summed E-state index contributed by atoms with van der Waals surface area (Å²) >= 11 is 0. The first-order valence-electron chi connectivity index (χ1n) is 21.7. The number of aromatic nitrogens is 1. The smallest absolute Gasteiger partial charge is 0.0541 e. The van der Waals surface area contributed by atoms with Gasteiger partial charge in [0, 0.05) is 68.0 Å². The van der Waals surface area contributed by atoms with Crippen LogP contribution in [0, 0.1) is 0 Å².